The van der Waals surface area contributed by atoms with E-state index in [2.05, 4.69) is 0 Å². The minimum absolute atomic E-state index is 0.110. The summed E-state index contributed by atoms with van der Waals surface area (Å²) >= 11 is 12.8. The molecule has 0 aliphatic heterocycles. The zero-order valence-electron chi connectivity index (χ0n) is 6.58. The first-order valence-corrected chi connectivity index (χ1v) is 5.21. The minimum Gasteiger partial charge on any atom is -0.258 e. The fraction of sp³-hybridized carbons (Fsp3) is 0.143. The average Bonchev–Trinajstić information content (AvgIpc) is 2.07. The van der Waals surface area contributed by atoms with E-state index in [1.165, 1.54) is 23.9 Å². The Hall–Kier alpha value is -0.450. The van der Waals surface area contributed by atoms with Crippen molar-refractivity contribution < 1.29 is 4.92 Å². The summed E-state index contributed by atoms with van der Waals surface area (Å²) in [5, 5.41) is 10.9. The van der Waals surface area contributed by atoms with Gasteiger partial charge >= 0.3 is 0 Å². The van der Waals surface area contributed by atoms with Crippen LogP contribution in [0.15, 0.2) is 17.0 Å². The van der Waals surface area contributed by atoms with Crippen LogP contribution >= 0.6 is 35.0 Å². The minimum atomic E-state index is -0.557. The van der Waals surface area contributed by atoms with Gasteiger partial charge in [0.15, 0.2) is 0 Å². The van der Waals surface area contributed by atoms with E-state index in [4.69, 9.17) is 23.2 Å². The van der Waals surface area contributed by atoms with Gasteiger partial charge in [0.2, 0.25) is 0 Å². The third kappa shape index (κ3) is 2.27. The molecule has 0 aliphatic rings. The van der Waals surface area contributed by atoms with Crippen molar-refractivity contribution in [3.8, 4) is 0 Å². The third-order valence-electron chi connectivity index (χ3n) is 1.42. The smallest absolute Gasteiger partial charge is 0.258 e. The monoisotopic (exact) mass is 237 g/mol. The maximum Gasteiger partial charge on any atom is 0.289 e. The van der Waals surface area contributed by atoms with Crippen molar-refractivity contribution in [1.29, 1.82) is 0 Å². The number of halogens is 2. The number of hydrogen-bond donors (Lipinski definition) is 0. The fourth-order valence-corrected chi connectivity index (χ4v) is 1.99. The first-order chi connectivity index (χ1) is 6.06. The number of nitro benzene ring substituents is 1. The summed E-state index contributed by atoms with van der Waals surface area (Å²) in [5.41, 5.74) is -0.163. The molecule has 0 heterocycles. The van der Waals surface area contributed by atoms with Crippen molar-refractivity contribution in [2.45, 2.75) is 4.90 Å². The highest BCUT2D eigenvalue weighted by molar-refractivity contribution is 7.98. The lowest BCUT2D eigenvalue weighted by Crippen LogP contribution is -1.89. The molecule has 0 aliphatic carbocycles. The van der Waals surface area contributed by atoms with Crippen LogP contribution in [0.3, 0.4) is 0 Å². The molecule has 0 radical (unpaired) electrons. The van der Waals surface area contributed by atoms with Crippen molar-refractivity contribution in [3.05, 3.63) is 32.3 Å². The largest absolute Gasteiger partial charge is 0.289 e. The van der Waals surface area contributed by atoms with Crippen LogP contribution in [0.2, 0.25) is 10.0 Å². The number of nitrogens with zero attached hydrogens (tertiary/aromatic N) is 1. The van der Waals surface area contributed by atoms with Gasteiger partial charge in [0.25, 0.3) is 5.69 Å². The highest BCUT2D eigenvalue weighted by Gasteiger charge is 2.15. The van der Waals surface area contributed by atoms with E-state index in [9.17, 15) is 10.1 Å². The van der Waals surface area contributed by atoms with E-state index in [1.807, 2.05) is 6.26 Å². The number of benzene rings is 1. The van der Waals surface area contributed by atoms with Gasteiger partial charge in [-0.3, -0.25) is 10.1 Å². The number of nitro groups is 1. The summed E-state index contributed by atoms with van der Waals surface area (Å²) in [6, 6.07) is 2.75. The zero-order valence-corrected chi connectivity index (χ0v) is 8.91. The Bertz CT molecular complexity index is 357. The van der Waals surface area contributed by atoms with Gasteiger partial charge < -0.3 is 0 Å². The maximum absolute atomic E-state index is 10.4. The van der Waals surface area contributed by atoms with Crippen LogP contribution in [0.4, 0.5) is 5.69 Å². The molecule has 1 aromatic rings. The van der Waals surface area contributed by atoms with Crippen molar-refractivity contribution in [2.75, 3.05) is 6.26 Å². The molecule has 0 saturated carbocycles. The van der Waals surface area contributed by atoms with Crippen LogP contribution in [0.5, 0.6) is 0 Å². The molecule has 1 rings (SSSR count). The molecule has 13 heavy (non-hydrogen) atoms. The van der Waals surface area contributed by atoms with Gasteiger partial charge in [0.05, 0.1) is 9.95 Å². The summed E-state index contributed by atoms with van der Waals surface area (Å²) in [6.07, 6.45) is 1.82. The van der Waals surface area contributed by atoms with E-state index >= 15 is 0 Å². The quantitative estimate of drug-likeness (QED) is 0.449. The summed E-state index contributed by atoms with van der Waals surface area (Å²) in [6.45, 7) is 0. The van der Waals surface area contributed by atoms with Gasteiger partial charge in [-0.2, -0.15) is 0 Å². The second-order valence-electron chi connectivity index (χ2n) is 2.20. The predicted octanol–water partition coefficient (Wildman–Crippen LogP) is 3.62. The Balaban J connectivity index is 3.28. The van der Waals surface area contributed by atoms with Crippen molar-refractivity contribution in [1.82, 2.24) is 0 Å². The summed E-state index contributed by atoms with van der Waals surface area (Å²) in [4.78, 5) is 10.6. The Morgan fingerprint density at radius 2 is 2.00 bits per heavy atom. The van der Waals surface area contributed by atoms with Gasteiger partial charge in [-0.25, -0.2) is 0 Å². The summed E-state index contributed by atoms with van der Waals surface area (Å²) in [7, 11) is 0. The molecule has 0 bridgehead atoms. The summed E-state index contributed by atoms with van der Waals surface area (Å²) < 4.78 is 0. The van der Waals surface area contributed by atoms with Crippen molar-refractivity contribution in [3.63, 3.8) is 0 Å². The predicted molar refractivity (Wildman–Crippen MR) is 54.9 cm³/mol. The van der Waals surface area contributed by atoms with E-state index in [-0.39, 0.29) is 10.7 Å². The molecule has 0 fully saturated rings. The zero-order chi connectivity index (χ0) is 10.0. The van der Waals surface area contributed by atoms with Gasteiger partial charge in [-0.15, -0.1) is 11.8 Å². The molecule has 0 saturated heterocycles. The molecule has 0 N–H and O–H groups in total. The number of rotatable bonds is 2. The van der Waals surface area contributed by atoms with Crippen LogP contribution in [0, 0.1) is 10.1 Å². The number of hydrogen-bond acceptors (Lipinski definition) is 3. The standard InChI is InChI=1S/C7H5Cl2NO2S/c1-13-7-3-4(8)6(10(11)12)2-5(7)9/h2-3H,1H3. The maximum atomic E-state index is 10.4. The van der Waals surface area contributed by atoms with Gasteiger partial charge in [0, 0.05) is 11.0 Å². The highest BCUT2D eigenvalue weighted by Crippen LogP contribution is 2.34. The molecule has 0 spiro atoms. The molecule has 0 amide bonds. The van der Waals surface area contributed by atoms with Gasteiger partial charge in [-0.1, -0.05) is 23.2 Å². The van der Waals surface area contributed by atoms with Crippen LogP contribution in [-0.4, -0.2) is 11.2 Å². The molecule has 3 nitrogen and oxygen atoms in total. The first kappa shape index (κ1) is 10.6. The lowest BCUT2D eigenvalue weighted by molar-refractivity contribution is -0.384. The molecule has 0 unspecified atom stereocenters. The van der Waals surface area contributed by atoms with E-state index in [0.717, 1.165) is 4.90 Å². The lowest BCUT2D eigenvalue weighted by atomic mass is 10.3. The normalized spacial score (nSPS) is 10.1. The second kappa shape index (κ2) is 4.17. The van der Waals surface area contributed by atoms with Crippen LogP contribution in [-0.2, 0) is 0 Å². The van der Waals surface area contributed by atoms with Gasteiger partial charge in [0.1, 0.15) is 5.02 Å². The van der Waals surface area contributed by atoms with E-state index < -0.39 is 4.92 Å². The average molecular weight is 238 g/mol. The summed E-state index contributed by atoms with van der Waals surface area (Å²) in [5.74, 6) is 0. The van der Waals surface area contributed by atoms with Gasteiger partial charge in [-0.05, 0) is 12.3 Å². The highest BCUT2D eigenvalue weighted by atomic mass is 35.5. The lowest BCUT2D eigenvalue weighted by Gasteiger charge is -2.01. The molecule has 0 atom stereocenters. The topological polar surface area (TPSA) is 43.1 Å². The molecule has 6 heteroatoms. The molecular weight excluding hydrogens is 233 g/mol. The van der Waals surface area contributed by atoms with Crippen molar-refractivity contribution >= 4 is 40.7 Å². The van der Waals surface area contributed by atoms with Crippen LogP contribution < -0.4 is 0 Å². The second-order valence-corrected chi connectivity index (χ2v) is 3.86. The molecule has 1 aromatic carbocycles. The molecule has 70 valence electrons. The Morgan fingerprint density at radius 3 is 2.46 bits per heavy atom. The van der Waals surface area contributed by atoms with Crippen LogP contribution in [0.1, 0.15) is 0 Å². The van der Waals surface area contributed by atoms with E-state index in [1.54, 1.807) is 0 Å². The Labute approximate surface area is 89.2 Å². The molecular formula is C7H5Cl2NO2S. The Kier molecular flexibility index (Phi) is 3.41. The third-order valence-corrected chi connectivity index (χ3v) is 2.92. The fourth-order valence-electron chi connectivity index (χ4n) is 0.814. The number of thioether (sulfide) groups is 1. The SMILES string of the molecule is CSc1cc(Cl)c([N+](=O)[O-])cc1Cl. The first-order valence-electron chi connectivity index (χ1n) is 3.23. The Morgan fingerprint density at radius 1 is 1.38 bits per heavy atom. The molecule has 0 aromatic heterocycles. The van der Waals surface area contributed by atoms with Crippen molar-refractivity contribution in [2.24, 2.45) is 0 Å². The van der Waals surface area contributed by atoms with E-state index in [0.29, 0.717) is 5.02 Å². The van der Waals surface area contributed by atoms with Crippen LogP contribution in [0.25, 0.3) is 0 Å².